The van der Waals surface area contributed by atoms with Crippen LogP contribution in [0.3, 0.4) is 0 Å². The van der Waals surface area contributed by atoms with Gasteiger partial charge in [-0.25, -0.2) is 0 Å². The predicted molar refractivity (Wildman–Crippen MR) is 50.9 cm³/mol. The van der Waals surface area contributed by atoms with Crippen LogP contribution in [-0.2, 0) is 0 Å². The van der Waals surface area contributed by atoms with Gasteiger partial charge in [0.25, 0.3) is 0 Å². The maximum absolute atomic E-state index is 9.46. The van der Waals surface area contributed by atoms with Gasteiger partial charge in [-0.3, -0.25) is 0 Å². The van der Waals surface area contributed by atoms with Crippen LogP contribution in [0.15, 0.2) is 0 Å². The predicted octanol–water partition coefficient (Wildman–Crippen LogP) is 1.80. The summed E-state index contributed by atoms with van der Waals surface area (Å²) in [6, 6.07) is 0. The summed E-state index contributed by atoms with van der Waals surface area (Å²) in [7, 11) is 0. The molecule has 0 rings (SSSR count). The first-order chi connectivity index (χ1) is 5.37. The standard InChI is InChI=1S/C10H22O2/c1-8(2)9(7-11)5-6-10(3,4)12/h8-9,11-12H,5-7H2,1-4H3. The van der Waals surface area contributed by atoms with Crippen LogP contribution in [0, 0.1) is 11.8 Å². The van der Waals surface area contributed by atoms with Crippen LogP contribution < -0.4 is 0 Å². The Morgan fingerprint density at radius 1 is 1.25 bits per heavy atom. The van der Waals surface area contributed by atoms with Gasteiger partial charge in [-0.1, -0.05) is 13.8 Å². The van der Waals surface area contributed by atoms with Crippen LogP contribution >= 0.6 is 0 Å². The molecule has 0 aromatic heterocycles. The van der Waals surface area contributed by atoms with E-state index in [1.807, 2.05) is 13.8 Å². The molecular weight excluding hydrogens is 152 g/mol. The van der Waals surface area contributed by atoms with E-state index in [4.69, 9.17) is 5.11 Å². The molecule has 0 aromatic rings. The second-order valence-electron chi connectivity index (χ2n) is 4.54. The van der Waals surface area contributed by atoms with Crippen molar-refractivity contribution in [2.45, 2.75) is 46.1 Å². The van der Waals surface area contributed by atoms with E-state index < -0.39 is 5.60 Å². The maximum atomic E-state index is 9.46. The van der Waals surface area contributed by atoms with Crippen molar-refractivity contribution in [3.05, 3.63) is 0 Å². The van der Waals surface area contributed by atoms with Crippen molar-refractivity contribution >= 4 is 0 Å². The van der Waals surface area contributed by atoms with E-state index >= 15 is 0 Å². The van der Waals surface area contributed by atoms with Crippen LogP contribution in [0.5, 0.6) is 0 Å². The van der Waals surface area contributed by atoms with Gasteiger partial charge in [0.15, 0.2) is 0 Å². The monoisotopic (exact) mass is 174 g/mol. The molecule has 1 atom stereocenters. The number of aliphatic hydroxyl groups is 2. The fourth-order valence-corrected chi connectivity index (χ4v) is 1.17. The molecule has 0 saturated heterocycles. The molecule has 2 N–H and O–H groups in total. The van der Waals surface area contributed by atoms with Crippen LogP contribution in [-0.4, -0.2) is 22.4 Å². The lowest BCUT2D eigenvalue weighted by Crippen LogP contribution is -2.22. The molecule has 0 radical (unpaired) electrons. The van der Waals surface area contributed by atoms with E-state index in [1.165, 1.54) is 0 Å². The summed E-state index contributed by atoms with van der Waals surface area (Å²) in [5.41, 5.74) is -0.595. The van der Waals surface area contributed by atoms with Gasteiger partial charge in [-0.05, 0) is 38.5 Å². The molecule has 74 valence electrons. The van der Waals surface area contributed by atoms with Crippen molar-refractivity contribution < 1.29 is 10.2 Å². The van der Waals surface area contributed by atoms with Crippen molar-refractivity contribution in [3.63, 3.8) is 0 Å². The van der Waals surface area contributed by atoms with Crippen molar-refractivity contribution in [1.82, 2.24) is 0 Å². The fraction of sp³-hybridized carbons (Fsp3) is 1.00. The topological polar surface area (TPSA) is 40.5 Å². The zero-order valence-corrected chi connectivity index (χ0v) is 8.67. The third-order valence-electron chi connectivity index (χ3n) is 2.30. The normalized spacial score (nSPS) is 15.2. The number of hydrogen-bond acceptors (Lipinski definition) is 2. The lowest BCUT2D eigenvalue weighted by molar-refractivity contribution is 0.0545. The minimum absolute atomic E-state index is 0.230. The van der Waals surface area contributed by atoms with Gasteiger partial charge in [0.05, 0.1) is 5.60 Å². The molecule has 12 heavy (non-hydrogen) atoms. The van der Waals surface area contributed by atoms with Crippen molar-refractivity contribution in [2.24, 2.45) is 11.8 Å². The maximum Gasteiger partial charge on any atom is 0.0591 e. The second kappa shape index (κ2) is 4.83. The Bertz CT molecular complexity index is 113. The summed E-state index contributed by atoms with van der Waals surface area (Å²) in [4.78, 5) is 0. The van der Waals surface area contributed by atoms with Crippen LogP contribution in [0.1, 0.15) is 40.5 Å². The highest BCUT2D eigenvalue weighted by Crippen LogP contribution is 2.21. The number of rotatable bonds is 5. The van der Waals surface area contributed by atoms with Crippen LogP contribution in [0.25, 0.3) is 0 Å². The highest BCUT2D eigenvalue weighted by molar-refractivity contribution is 4.70. The Labute approximate surface area is 75.6 Å². The van der Waals surface area contributed by atoms with Crippen LogP contribution in [0.4, 0.5) is 0 Å². The summed E-state index contributed by atoms with van der Waals surface area (Å²) in [6.07, 6.45) is 1.66. The Kier molecular flexibility index (Phi) is 4.80. The van der Waals surface area contributed by atoms with E-state index in [2.05, 4.69) is 13.8 Å². The molecule has 1 unspecified atom stereocenters. The summed E-state index contributed by atoms with van der Waals surface area (Å²) in [5, 5.41) is 18.5. The number of aliphatic hydroxyl groups excluding tert-OH is 1. The van der Waals surface area contributed by atoms with Gasteiger partial charge in [0.1, 0.15) is 0 Å². The molecule has 2 heteroatoms. The minimum Gasteiger partial charge on any atom is -0.396 e. The first-order valence-electron chi connectivity index (χ1n) is 4.70. The van der Waals surface area contributed by atoms with Gasteiger partial charge in [0.2, 0.25) is 0 Å². The summed E-state index contributed by atoms with van der Waals surface area (Å²) in [6.45, 7) is 8.05. The molecule has 0 amide bonds. The Morgan fingerprint density at radius 3 is 2.00 bits per heavy atom. The van der Waals surface area contributed by atoms with Gasteiger partial charge in [-0.15, -0.1) is 0 Å². The minimum atomic E-state index is -0.595. The van der Waals surface area contributed by atoms with Gasteiger partial charge in [-0.2, -0.15) is 0 Å². The molecule has 0 aliphatic heterocycles. The quantitative estimate of drug-likeness (QED) is 0.667. The Balaban J connectivity index is 3.73. The second-order valence-corrected chi connectivity index (χ2v) is 4.54. The fourth-order valence-electron chi connectivity index (χ4n) is 1.17. The summed E-state index contributed by atoms with van der Waals surface area (Å²) in [5.74, 6) is 0.828. The third kappa shape index (κ3) is 5.56. The van der Waals surface area contributed by atoms with Crippen molar-refractivity contribution in [1.29, 1.82) is 0 Å². The number of hydrogen-bond donors (Lipinski definition) is 2. The molecule has 0 spiro atoms. The summed E-state index contributed by atoms with van der Waals surface area (Å²) >= 11 is 0. The highest BCUT2D eigenvalue weighted by atomic mass is 16.3. The third-order valence-corrected chi connectivity index (χ3v) is 2.30. The Morgan fingerprint density at radius 2 is 1.75 bits per heavy atom. The van der Waals surface area contributed by atoms with Gasteiger partial charge >= 0.3 is 0 Å². The first kappa shape index (κ1) is 11.9. The van der Waals surface area contributed by atoms with Crippen LogP contribution in [0.2, 0.25) is 0 Å². The van der Waals surface area contributed by atoms with E-state index in [9.17, 15) is 5.11 Å². The average Bonchev–Trinajstić information content (AvgIpc) is 1.85. The van der Waals surface area contributed by atoms with Crippen molar-refractivity contribution in [3.8, 4) is 0 Å². The molecule has 0 heterocycles. The van der Waals surface area contributed by atoms with Gasteiger partial charge in [0, 0.05) is 6.61 Å². The van der Waals surface area contributed by atoms with E-state index in [-0.39, 0.29) is 6.61 Å². The molecule has 0 aliphatic rings. The highest BCUT2D eigenvalue weighted by Gasteiger charge is 2.18. The van der Waals surface area contributed by atoms with E-state index in [0.717, 1.165) is 12.8 Å². The molecule has 0 aromatic carbocycles. The SMILES string of the molecule is CC(C)C(CO)CCC(C)(C)O. The molecule has 0 bridgehead atoms. The van der Waals surface area contributed by atoms with Gasteiger partial charge < -0.3 is 10.2 Å². The lowest BCUT2D eigenvalue weighted by Gasteiger charge is -2.23. The molecule has 0 aliphatic carbocycles. The van der Waals surface area contributed by atoms with E-state index in [0.29, 0.717) is 11.8 Å². The van der Waals surface area contributed by atoms with E-state index in [1.54, 1.807) is 0 Å². The lowest BCUT2D eigenvalue weighted by atomic mass is 9.88. The average molecular weight is 174 g/mol. The molecule has 2 nitrogen and oxygen atoms in total. The molecular formula is C10H22O2. The molecule has 0 fully saturated rings. The molecule has 0 saturated carbocycles. The first-order valence-corrected chi connectivity index (χ1v) is 4.70. The largest absolute Gasteiger partial charge is 0.396 e. The van der Waals surface area contributed by atoms with Crippen molar-refractivity contribution in [2.75, 3.05) is 6.61 Å². The summed E-state index contributed by atoms with van der Waals surface area (Å²) < 4.78 is 0. The zero-order chi connectivity index (χ0) is 9.78. The zero-order valence-electron chi connectivity index (χ0n) is 8.67. The Hall–Kier alpha value is -0.0800. The smallest absolute Gasteiger partial charge is 0.0591 e.